The number of pyridine rings is 1. The molecule has 1 N–H and O–H groups in total. The summed E-state index contributed by atoms with van der Waals surface area (Å²) in [6.07, 6.45) is 3.17. The van der Waals surface area contributed by atoms with E-state index in [0.717, 1.165) is 23.2 Å². The minimum absolute atomic E-state index is 0.704. The van der Waals surface area contributed by atoms with Crippen molar-refractivity contribution in [2.24, 2.45) is 5.92 Å². The van der Waals surface area contributed by atoms with Crippen LogP contribution in [-0.4, -0.2) is 45.7 Å². The Labute approximate surface area is 121 Å². The topological polar surface area (TPSA) is 45.5 Å². The Morgan fingerprint density at radius 1 is 1.53 bits per heavy atom. The smallest absolute Gasteiger partial charge is 0.243 e. The summed E-state index contributed by atoms with van der Waals surface area (Å²) in [6.45, 7) is 6.71. The van der Waals surface area contributed by atoms with Crippen molar-refractivity contribution in [1.29, 1.82) is 0 Å². The van der Waals surface area contributed by atoms with Crippen LogP contribution < -0.4 is 5.32 Å². The summed E-state index contributed by atoms with van der Waals surface area (Å²) in [4.78, 5) is 6.98. The van der Waals surface area contributed by atoms with Crippen LogP contribution in [0.4, 0.5) is 5.95 Å². The summed E-state index contributed by atoms with van der Waals surface area (Å²) in [6, 6.07) is 3.93. The molecule has 1 unspecified atom stereocenters. The summed E-state index contributed by atoms with van der Waals surface area (Å²) >= 11 is 3.49. The summed E-state index contributed by atoms with van der Waals surface area (Å²) in [5.74, 6) is 1.41. The number of nitrogens with zero attached hydrogens (tertiary/aromatic N) is 4. The van der Waals surface area contributed by atoms with Gasteiger partial charge in [0.2, 0.25) is 5.95 Å². The Morgan fingerprint density at radius 2 is 2.42 bits per heavy atom. The van der Waals surface area contributed by atoms with Crippen molar-refractivity contribution in [3.05, 3.63) is 22.8 Å². The third-order valence-corrected chi connectivity index (χ3v) is 4.30. The van der Waals surface area contributed by atoms with E-state index in [4.69, 9.17) is 0 Å². The maximum absolute atomic E-state index is 4.49. The van der Waals surface area contributed by atoms with Crippen molar-refractivity contribution in [3.63, 3.8) is 0 Å². The number of nitrogens with one attached hydrogen (secondary N) is 1. The fraction of sp³-hybridized carbons (Fsp3) is 0.538. The molecule has 1 atom stereocenters. The number of aromatic nitrogens is 3. The fourth-order valence-electron chi connectivity index (χ4n) is 2.55. The summed E-state index contributed by atoms with van der Waals surface area (Å²) in [5, 5.41) is 7.78. The van der Waals surface area contributed by atoms with Gasteiger partial charge in [-0.25, -0.2) is 4.52 Å². The maximum Gasteiger partial charge on any atom is 0.243 e. The minimum atomic E-state index is 0.704. The number of hydrogen-bond donors (Lipinski definition) is 1. The molecule has 5 nitrogen and oxygen atoms in total. The van der Waals surface area contributed by atoms with Crippen LogP contribution in [0.3, 0.4) is 0 Å². The summed E-state index contributed by atoms with van der Waals surface area (Å²) in [5.41, 5.74) is 0.853. The van der Waals surface area contributed by atoms with E-state index in [1.54, 1.807) is 4.52 Å². The Hall–Kier alpha value is -1.14. The molecule has 19 heavy (non-hydrogen) atoms. The molecule has 0 bridgehead atoms. The average Bonchev–Trinajstić information content (AvgIpc) is 3.03. The number of likely N-dealkylation sites (tertiary alicyclic amines) is 1. The Kier molecular flexibility index (Phi) is 3.70. The van der Waals surface area contributed by atoms with Gasteiger partial charge in [0, 0.05) is 19.3 Å². The van der Waals surface area contributed by atoms with Crippen LogP contribution in [0, 0.1) is 5.92 Å². The van der Waals surface area contributed by atoms with Crippen molar-refractivity contribution in [1.82, 2.24) is 19.5 Å². The van der Waals surface area contributed by atoms with Gasteiger partial charge in [-0.05, 0) is 53.5 Å². The lowest BCUT2D eigenvalue weighted by Crippen LogP contribution is -2.22. The SMILES string of the molecule is CCN1CCC(CNc2nc3c(Br)cccn3n2)C1. The molecule has 1 aliphatic heterocycles. The molecule has 0 spiro atoms. The zero-order chi connectivity index (χ0) is 13.2. The highest BCUT2D eigenvalue weighted by Gasteiger charge is 2.21. The second kappa shape index (κ2) is 5.46. The van der Waals surface area contributed by atoms with E-state index in [-0.39, 0.29) is 0 Å². The van der Waals surface area contributed by atoms with Crippen LogP contribution in [0.5, 0.6) is 0 Å². The predicted molar refractivity (Wildman–Crippen MR) is 79.4 cm³/mol. The molecule has 0 aliphatic carbocycles. The Bertz CT molecular complexity index is 567. The van der Waals surface area contributed by atoms with E-state index in [9.17, 15) is 0 Å². The first-order valence-electron chi connectivity index (χ1n) is 6.73. The molecular formula is C13H18BrN5. The largest absolute Gasteiger partial charge is 0.353 e. The molecule has 6 heteroatoms. The van der Waals surface area contributed by atoms with Crippen LogP contribution in [-0.2, 0) is 0 Å². The summed E-state index contributed by atoms with van der Waals surface area (Å²) < 4.78 is 2.76. The number of hydrogen-bond acceptors (Lipinski definition) is 4. The second-order valence-electron chi connectivity index (χ2n) is 4.99. The first-order valence-corrected chi connectivity index (χ1v) is 7.52. The van der Waals surface area contributed by atoms with E-state index >= 15 is 0 Å². The first-order chi connectivity index (χ1) is 9.26. The lowest BCUT2D eigenvalue weighted by atomic mass is 10.1. The standard InChI is InChI=1S/C13H18BrN5/c1-2-18-7-5-10(9-18)8-15-13-16-12-11(14)4-3-6-19(12)17-13/h3-4,6,10H,2,5,7-9H2,1H3,(H,15,17). The Morgan fingerprint density at radius 3 is 3.16 bits per heavy atom. The number of anilines is 1. The second-order valence-corrected chi connectivity index (χ2v) is 5.84. The van der Waals surface area contributed by atoms with Crippen molar-refractivity contribution >= 4 is 27.5 Å². The summed E-state index contributed by atoms with van der Waals surface area (Å²) in [7, 11) is 0. The molecule has 0 radical (unpaired) electrons. The van der Waals surface area contributed by atoms with Crippen molar-refractivity contribution in [3.8, 4) is 0 Å². The van der Waals surface area contributed by atoms with Gasteiger partial charge in [-0.15, -0.1) is 5.10 Å². The zero-order valence-electron chi connectivity index (χ0n) is 11.0. The van der Waals surface area contributed by atoms with Gasteiger partial charge in [-0.3, -0.25) is 0 Å². The van der Waals surface area contributed by atoms with Crippen LogP contribution in [0.1, 0.15) is 13.3 Å². The minimum Gasteiger partial charge on any atom is -0.353 e. The maximum atomic E-state index is 4.49. The molecule has 1 saturated heterocycles. The number of halogens is 1. The van der Waals surface area contributed by atoms with E-state index in [0.29, 0.717) is 11.9 Å². The van der Waals surface area contributed by atoms with Crippen LogP contribution in [0.2, 0.25) is 0 Å². The number of rotatable bonds is 4. The molecule has 0 amide bonds. The number of fused-ring (bicyclic) bond motifs is 1. The van der Waals surface area contributed by atoms with Gasteiger partial charge in [0.1, 0.15) is 0 Å². The van der Waals surface area contributed by atoms with Crippen molar-refractivity contribution < 1.29 is 0 Å². The van der Waals surface area contributed by atoms with Crippen LogP contribution in [0.15, 0.2) is 22.8 Å². The highest BCUT2D eigenvalue weighted by Crippen LogP contribution is 2.18. The van der Waals surface area contributed by atoms with Crippen molar-refractivity contribution in [2.75, 3.05) is 31.5 Å². The van der Waals surface area contributed by atoms with Gasteiger partial charge in [0.05, 0.1) is 4.47 Å². The van der Waals surface area contributed by atoms with Gasteiger partial charge in [-0.2, -0.15) is 4.98 Å². The van der Waals surface area contributed by atoms with E-state index < -0.39 is 0 Å². The highest BCUT2D eigenvalue weighted by atomic mass is 79.9. The first kappa shape index (κ1) is 12.9. The van der Waals surface area contributed by atoms with Gasteiger partial charge in [0.15, 0.2) is 5.65 Å². The van der Waals surface area contributed by atoms with E-state index in [1.807, 2.05) is 18.3 Å². The quantitative estimate of drug-likeness (QED) is 0.937. The fourth-order valence-corrected chi connectivity index (χ4v) is 2.97. The zero-order valence-corrected chi connectivity index (χ0v) is 12.6. The molecule has 3 rings (SSSR count). The molecule has 3 heterocycles. The molecule has 102 valence electrons. The molecule has 1 aliphatic rings. The van der Waals surface area contributed by atoms with E-state index in [1.165, 1.54) is 19.5 Å². The lowest BCUT2D eigenvalue weighted by Gasteiger charge is -2.12. The van der Waals surface area contributed by atoms with Gasteiger partial charge in [0.25, 0.3) is 0 Å². The predicted octanol–water partition coefficient (Wildman–Crippen LogP) is 2.25. The van der Waals surface area contributed by atoms with E-state index in [2.05, 4.69) is 43.2 Å². The molecule has 2 aromatic rings. The molecule has 2 aromatic heterocycles. The monoisotopic (exact) mass is 323 g/mol. The molecule has 1 fully saturated rings. The van der Waals surface area contributed by atoms with Crippen molar-refractivity contribution in [2.45, 2.75) is 13.3 Å². The molecule has 0 aromatic carbocycles. The van der Waals surface area contributed by atoms with Gasteiger partial charge in [-0.1, -0.05) is 6.92 Å². The third kappa shape index (κ3) is 2.74. The third-order valence-electron chi connectivity index (χ3n) is 3.68. The van der Waals surface area contributed by atoms with Gasteiger partial charge >= 0.3 is 0 Å². The average molecular weight is 324 g/mol. The molecule has 0 saturated carbocycles. The Balaban J connectivity index is 1.64. The van der Waals surface area contributed by atoms with Crippen LogP contribution >= 0.6 is 15.9 Å². The normalized spacial score (nSPS) is 20.2. The van der Waals surface area contributed by atoms with Gasteiger partial charge < -0.3 is 10.2 Å². The molecular weight excluding hydrogens is 306 g/mol. The lowest BCUT2D eigenvalue weighted by molar-refractivity contribution is 0.345. The highest BCUT2D eigenvalue weighted by molar-refractivity contribution is 9.10. The van der Waals surface area contributed by atoms with Crippen LogP contribution in [0.25, 0.3) is 5.65 Å².